The van der Waals surface area contributed by atoms with Crippen LogP contribution in [0.4, 0.5) is 0 Å². The number of phenols is 4. The molecule has 0 unspecified atom stereocenters. The number of esters is 1. The molecule has 202 valence electrons. The molecule has 0 aliphatic heterocycles. The number of phenolic OH excluding ortho intramolecular Hbond substituents is 4. The second-order valence-corrected chi connectivity index (χ2v) is 8.73. The first kappa shape index (κ1) is 28.2. The molecule has 2 aromatic rings. The third kappa shape index (κ3) is 6.88. The van der Waals surface area contributed by atoms with Crippen LogP contribution in [-0.4, -0.2) is 84.5 Å². The number of hydrogen-bond donors (Lipinski definition) is 7. The molecule has 3 rings (SSSR count). The maximum Gasteiger partial charge on any atom is 0.335 e. The van der Waals surface area contributed by atoms with Gasteiger partial charge in [-0.2, -0.15) is 0 Å². The number of aliphatic hydroxyl groups is 2. The lowest BCUT2D eigenvalue weighted by molar-refractivity contribution is -0.202. The molecule has 38 heavy (non-hydrogen) atoms. The lowest BCUT2D eigenvalue weighted by atomic mass is 9.79. The van der Waals surface area contributed by atoms with Gasteiger partial charge in [-0.25, -0.2) is 9.59 Å². The number of carboxylic acid groups (broad SMARTS) is 1. The number of hydrogen-bond acceptors (Lipinski definition) is 11. The smallest absolute Gasteiger partial charge is 0.335 e. The van der Waals surface area contributed by atoms with Crippen molar-refractivity contribution < 1.29 is 59.6 Å². The zero-order chi connectivity index (χ0) is 28.0. The molecule has 2 aromatic carbocycles. The third-order valence-corrected chi connectivity index (χ3v) is 5.86. The van der Waals surface area contributed by atoms with Crippen LogP contribution in [0.2, 0.25) is 0 Å². The van der Waals surface area contributed by atoms with Gasteiger partial charge in [0, 0.05) is 24.5 Å². The molecule has 1 aliphatic rings. The van der Waals surface area contributed by atoms with Crippen LogP contribution in [0, 0.1) is 0 Å². The van der Waals surface area contributed by atoms with Gasteiger partial charge in [-0.1, -0.05) is 12.1 Å². The molecule has 1 aliphatic carbocycles. The third-order valence-electron chi connectivity index (χ3n) is 5.86. The highest BCUT2D eigenvalue weighted by Gasteiger charge is 2.51. The number of ether oxygens (including phenoxy) is 2. The van der Waals surface area contributed by atoms with Gasteiger partial charge in [0.05, 0.1) is 12.7 Å². The number of rotatable bonds is 9. The van der Waals surface area contributed by atoms with Crippen LogP contribution in [0.1, 0.15) is 24.0 Å². The van der Waals surface area contributed by atoms with E-state index in [4.69, 9.17) is 9.47 Å². The first-order valence-corrected chi connectivity index (χ1v) is 11.3. The fraction of sp³-hybridized carbons (Fsp3) is 0.269. The molecule has 12 nitrogen and oxygen atoms in total. The Morgan fingerprint density at radius 1 is 0.947 bits per heavy atom. The van der Waals surface area contributed by atoms with E-state index in [1.165, 1.54) is 48.6 Å². The minimum atomic E-state index is -2.39. The predicted octanol–water partition coefficient (Wildman–Crippen LogP) is 1.07. The van der Waals surface area contributed by atoms with Crippen molar-refractivity contribution in [2.45, 2.75) is 36.8 Å². The predicted molar refractivity (Wildman–Crippen MR) is 130 cm³/mol. The van der Waals surface area contributed by atoms with E-state index in [-0.39, 0.29) is 17.1 Å². The quantitative estimate of drug-likeness (QED) is 0.105. The van der Waals surface area contributed by atoms with Crippen molar-refractivity contribution in [2.24, 2.45) is 0 Å². The van der Waals surface area contributed by atoms with Gasteiger partial charge in [-0.15, -0.1) is 0 Å². The average Bonchev–Trinajstić information content (AvgIpc) is 2.86. The summed E-state index contributed by atoms with van der Waals surface area (Å²) in [5.41, 5.74) is -1.69. The largest absolute Gasteiger partial charge is 0.504 e. The monoisotopic (exact) mass is 530 g/mol. The van der Waals surface area contributed by atoms with E-state index < -0.39 is 66.8 Å². The van der Waals surface area contributed by atoms with Gasteiger partial charge in [0.15, 0.2) is 34.7 Å². The Labute approximate surface area is 215 Å². The lowest BCUT2D eigenvalue weighted by Gasteiger charge is -2.41. The average molecular weight is 530 g/mol. The summed E-state index contributed by atoms with van der Waals surface area (Å²) in [6, 6.07) is 7.62. The summed E-state index contributed by atoms with van der Waals surface area (Å²) in [4.78, 5) is 35.6. The standard InChI is InChI=1S/C26H26O12/c27-12-16(7-15-2-5-18(29)20(31)9-15)13-37-22-11-26(36,25(34)35)10-21(32)24(22)38-23(33)6-3-14-1-4-17(28)19(30)8-14/h1-9,12,21-22,24,28-32,36H,10-11,13H2,(H,34,35)/b6-3+,16-7+/t21-,22-,24+,26-/m1/s1. The zero-order valence-corrected chi connectivity index (χ0v) is 19.8. The molecular formula is C26H26O12. The summed E-state index contributed by atoms with van der Waals surface area (Å²) in [6.07, 6.45) is -1.62. The minimum Gasteiger partial charge on any atom is -0.504 e. The number of aromatic hydroxyl groups is 4. The normalized spacial score (nSPS) is 23.7. The number of aliphatic carboxylic acids is 1. The number of carbonyl (C=O) groups is 3. The summed E-state index contributed by atoms with van der Waals surface area (Å²) in [5.74, 6) is -4.13. The van der Waals surface area contributed by atoms with Gasteiger partial charge < -0.3 is 45.2 Å². The van der Waals surface area contributed by atoms with Crippen molar-refractivity contribution in [2.75, 3.05) is 6.61 Å². The van der Waals surface area contributed by atoms with E-state index >= 15 is 0 Å². The van der Waals surface area contributed by atoms with Gasteiger partial charge >= 0.3 is 11.9 Å². The molecule has 1 fully saturated rings. The molecule has 12 heteroatoms. The lowest BCUT2D eigenvalue weighted by Crippen LogP contribution is -2.58. The van der Waals surface area contributed by atoms with Gasteiger partial charge in [0.1, 0.15) is 12.4 Å². The van der Waals surface area contributed by atoms with Gasteiger partial charge in [-0.05, 0) is 47.5 Å². The van der Waals surface area contributed by atoms with Crippen LogP contribution in [0.15, 0.2) is 48.0 Å². The van der Waals surface area contributed by atoms with Crippen LogP contribution >= 0.6 is 0 Å². The van der Waals surface area contributed by atoms with Gasteiger partial charge in [0.25, 0.3) is 0 Å². The summed E-state index contributed by atoms with van der Waals surface area (Å²) in [7, 11) is 0. The van der Waals surface area contributed by atoms with Crippen molar-refractivity contribution >= 4 is 30.4 Å². The zero-order valence-electron chi connectivity index (χ0n) is 19.8. The molecule has 7 N–H and O–H groups in total. The molecule has 1 saturated carbocycles. The molecule has 0 bridgehead atoms. The van der Waals surface area contributed by atoms with Crippen LogP contribution in [0.25, 0.3) is 12.2 Å². The fourth-order valence-electron chi connectivity index (χ4n) is 3.86. The topological polar surface area (TPSA) is 211 Å². The fourth-order valence-corrected chi connectivity index (χ4v) is 3.86. The number of carbonyl (C=O) groups excluding carboxylic acids is 2. The Bertz CT molecular complexity index is 1270. The Hall–Kier alpha value is -4.39. The molecule has 0 aromatic heterocycles. The van der Waals surface area contributed by atoms with Crippen LogP contribution in [0.5, 0.6) is 23.0 Å². The molecule has 0 saturated heterocycles. The van der Waals surface area contributed by atoms with E-state index in [0.717, 1.165) is 6.08 Å². The number of aliphatic hydroxyl groups excluding tert-OH is 1. The van der Waals surface area contributed by atoms with Crippen molar-refractivity contribution in [3.63, 3.8) is 0 Å². The molecule has 0 heterocycles. The second-order valence-electron chi connectivity index (χ2n) is 8.73. The maximum atomic E-state index is 12.4. The number of aldehydes is 1. The van der Waals surface area contributed by atoms with Crippen molar-refractivity contribution in [3.8, 4) is 23.0 Å². The summed E-state index contributed by atoms with van der Waals surface area (Å²) < 4.78 is 10.9. The van der Waals surface area contributed by atoms with Crippen molar-refractivity contribution in [1.29, 1.82) is 0 Å². The van der Waals surface area contributed by atoms with E-state index in [1.54, 1.807) is 0 Å². The van der Waals surface area contributed by atoms with Crippen LogP contribution in [-0.2, 0) is 23.9 Å². The van der Waals surface area contributed by atoms with Crippen molar-refractivity contribution in [3.05, 3.63) is 59.2 Å². The Kier molecular flexibility index (Phi) is 8.73. The highest BCUT2D eigenvalue weighted by Crippen LogP contribution is 2.34. The SMILES string of the molecule is O=C/C(=C\c1ccc(O)c(O)c1)CO[C@@H]1C[C@@](O)(C(=O)O)C[C@@H](O)[C@@H]1OC(=O)/C=C/c1ccc(O)c(O)c1. The van der Waals surface area contributed by atoms with Crippen LogP contribution in [0.3, 0.4) is 0 Å². The van der Waals surface area contributed by atoms with E-state index in [2.05, 4.69) is 0 Å². The van der Waals surface area contributed by atoms with E-state index in [1.807, 2.05) is 0 Å². The van der Waals surface area contributed by atoms with Gasteiger partial charge in [-0.3, -0.25) is 4.79 Å². The highest BCUT2D eigenvalue weighted by atomic mass is 16.6. The molecule has 0 spiro atoms. The first-order chi connectivity index (χ1) is 17.9. The maximum absolute atomic E-state index is 12.4. The molecule has 0 amide bonds. The van der Waals surface area contributed by atoms with E-state index in [9.17, 15) is 50.1 Å². The van der Waals surface area contributed by atoms with Crippen molar-refractivity contribution in [1.82, 2.24) is 0 Å². The Balaban J connectivity index is 1.77. The Morgan fingerprint density at radius 3 is 2.13 bits per heavy atom. The van der Waals surface area contributed by atoms with Gasteiger partial charge in [0.2, 0.25) is 0 Å². The summed E-state index contributed by atoms with van der Waals surface area (Å²) >= 11 is 0. The highest BCUT2D eigenvalue weighted by molar-refractivity contribution is 5.87. The summed E-state index contributed by atoms with van der Waals surface area (Å²) in [6.45, 7) is -0.436. The molecule has 0 radical (unpaired) electrons. The van der Waals surface area contributed by atoms with Crippen LogP contribution < -0.4 is 0 Å². The molecular weight excluding hydrogens is 504 g/mol. The number of carboxylic acids is 1. The second kappa shape index (κ2) is 11.8. The molecule has 4 atom stereocenters. The minimum absolute atomic E-state index is 0.0196. The Morgan fingerprint density at radius 2 is 1.55 bits per heavy atom. The summed E-state index contributed by atoms with van der Waals surface area (Å²) in [5, 5.41) is 68.4. The number of benzene rings is 2. The van der Waals surface area contributed by atoms with E-state index in [0.29, 0.717) is 17.4 Å². The first-order valence-electron chi connectivity index (χ1n) is 11.3.